The number of rotatable bonds is 3. The van der Waals surface area contributed by atoms with Gasteiger partial charge in [0.2, 0.25) is 0 Å². The lowest BCUT2D eigenvalue weighted by atomic mass is 10.3. The molecule has 1 N–H and O–H groups in total. The van der Waals surface area contributed by atoms with Gasteiger partial charge in [0.1, 0.15) is 6.54 Å². The normalized spacial score (nSPS) is 8.50. The van der Waals surface area contributed by atoms with Crippen LogP contribution in [-0.4, -0.2) is 24.7 Å². The van der Waals surface area contributed by atoms with Gasteiger partial charge >= 0.3 is 5.97 Å². The highest BCUT2D eigenvalue weighted by molar-refractivity contribution is 5.73. The largest absolute Gasteiger partial charge is 0.480 e. The summed E-state index contributed by atoms with van der Waals surface area (Å²) >= 11 is 0. The number of carbonyl (C=O) groups is 1. The van der Waals surface area contributed by atoms with Crippen molar-refractivity contribution in [1.82, 2.24) is 0 Å². The third-order valence-corrected chi connectivity index (χ3v) is 1.57. The molecule has 0 amide bonds. The van der Waals surface area contributed by atoms with Gasteiger partial charge in [-0.1, -0.05) is 32.0 Å². The second-order valence-electron chi connectivity index (χ2n) is 2.59. The van der Waals surface area contributed by atoms with E-state index in [1.165, 1.54) is 0 Å². The molecule has 0 aliphatic rings. The number of hydrogen-bond donors (Lipinski definition) is 1. The minimum absolute atomic E-state index is 0.0318. The molecule has 14 heavy (non-hydrogen) atoms. The van der Waals surface area contributed by atoms with E-state index in [9.17, 15) is 4.79 Å². The van der Waals surface area contributed by atoms with E-state index >= 15 is 0 Å². The Morgan fingerprint density at radius 1 is 1.29 bits per heavy atom. The molecular weight excluding hydrogens is 178 g/mol. The molecule has 0 saturated carbocycles. The van der Waals surface area contributed by atoms with Crippen LogP contribution in [0.5, 0.6) is 0 Å². The second kappa shape index (κ2) is 6.95. The van der Waals surface area contributed by atoms with E-state index in [2.05, 4.69) is 0 Å². The van der Waals surface area contributed by atoms with Crippen LogP contribution in [-0.2, 0) is 4.79 Å². The SMILES string of the molecule is CC.CN(CC(=O)O)c1ccccc1. The van der Waals surface area contributed by atoms with E-state index in [-0.39, 0.29) is 6.54 Å². The summed E-state index contributed by atoms with van der Waals surface area (Å²) in [6.07, 6.45) is 0. The number of benzene rings is 1. The monoisotopic (exact) mass is 195 g/mol. The Kier molecular flexibility index (Phi) is 6.20. The van der Waals surface area contributed by atoms with E-state index in [0.29, 0.717) is 0 Å². The van der Waals surface area contributed by atoms with Crippen LogP contribution in [0.2, 0.25) is 0 Å². The number of likely N-dealkylation sites (N-methyl/N-ethyl adjacent to an activating group) is 1. The Hall–Kier alpha value is -1.51. The van der Waals surface area contributed by atoms with Crippen LogP contribution < -0.4 is 4.90 Å². The van der Waals surface area contributed by atoms with Gasteiger partial charge in [-0.25, -0.2) is 0 Å². The van der Waals surface area contributed by atoms with Gasteiger partial charge in [0.25, 0.3) is 0 Å². The standard InChI is InChI=1S/C9H11NO2.C2H6/c1-10(7-9(11)12)8-5-3-2-4-6-8;1-2/h2-6H,7H2,1H3,(H,11,12);1-2H3. The zero-order valence-electron chi connectivity index (χ0n) is 8.90. The van der Waals surface area contributed by atoms with Crippen molar-refractivity contribution in [2.45, 2.75) is 13.8 Å². The molecule has 0 bridgehead atoms. The first kappa shape index (κ1) is 12.5. The average Bonchev–Trinajstić information content (AvgIpc) is 2.21. The summed E-state index contributed by atoms with van der Waals surface area (Å²) in [5, 5.41) is 8.50. The van der Waals surface area contributed by atoms with Crippen LogP contribution in [0.1, 0.15) is 13.8 Å². The van der Waals surface area contributed by atoms with E-state index in [0.717, 1.165) is 5.69 Å². The zero-order chi connectivity index (χ0) is 11.0. The predicted molar refractivity (Wildman–Crippen MR) is 58.7 cm³/mol. The van der Waals surface area contributed by atoms with Gasteiger partial charge < -0.3 is 10.0 Å². The molecule has 78 valence electrons. The number of carboxylic acids is 1. The zero-order valence-corrected chi connectivity index (χ0v) is 8.90. The average molecular weight is 195 g/mol. The van der Waals surface area contributed by atoms with Gasteiger partial charge in [0, 0.05) is 12.7 Å². The summed E-state index contributed by atoms with van der Waals surface area (Å²) in [5.41, 5.74) is 0.917. The van der Waals surface area contributed by atoms with Gasteiger partial charge in [-0.15, -0.1) is 0 Å². The molecule has 0 heterocycles. The molecule has 0 aromatic heterocycles. The first-order valence-electron chi connectivity index (χ1n) is 4.68. The smallest absolute Gasteiger partial charge is 0.323 e. The molecule has 1 aromatic carbocycles. The lowest BCUT2D eigenvalue weighted by Crippen LogP contribution is -2.24. The third kappa shape index (κ3) is 4.50. The number of carboxylic acid groups (broad SMARTS) is 1. The lowest BCUT2D eigenvalue weighted by molar-refractivity contribution is -0.135. The van der Waals surface area contributed by atoms with Gasteiger partial charge in [-0.05, 0) is 12.1 Å². The lowest BCUT2D eigenvalue weighted by Gasteiger charge is -2.15. The maximum atomic E-state index is 10.3. The molecule has 0 saturated heterocycles. The molecule has 0 atom stereocenters. The molecule has 3 heteroatoms. The van der Waals surface area contributed by atoms with Gasteiger partial charge in [0.05, 0.1) is 0 Å². The highest BCUT2D eigenvalue weighted by Crippen LogP contribution is 2.09. The summed E-state index contributed by atoms with van der Waals surface area (Å²) in [7, 11) is 1.75. The van der Waals surface area contributed by atoms with Crippen molar-refractivity contribution in [3.05, 3.63) is 30.3 Å². The molecule has 0 aliphatic heterocycles. The van der Waals surface area contributed by atoms with Crippen LogP contribution in [0.25, 0.3) is 0 Å². The molecule has 0 spiro atoms. The van der Waals surface area contributed by atoms with Gasteiger partial charge in [-0.3, -0.25) is 4.79 Å². The number of hydrogen-bond acceptors (Lipinski definition) is 2. The molecule has 1 rings (SSSR count). The summed E-state index contributed by atoms with van der Waals surface area (Å²) < 4.78 is 0. The van der Waals surface area contributed by atoms with Crippen molar-refractivity contribution in [3.63, 3.8) is 0 Å². The minimum atomic E-state index is -0.818. The third-order valence-electron chi connectivity index (χ3n) is 1.57. The van der Waals surface area contributed by atoms with Crippen LogP contribution in [0.4, 0.5) is 5.69 Å². The molecule has 0 aliphatic carbocycles. The van der Waals surface area contributed by atoms with Gasteiger partial charge in [-0.2, -0.15) is 0 Å². The minimum Gasteiger partial charge on any atom is -0.480 e. The van der Waals surface area contributed by atoms with Crippen molar-refractivity contribution >= 4 is 11.7 Å². The number of nitrogens with zero attached hydrogens (tertiary/aromatic N) is 1. The fourth-order valence-electron chi connectivity index (χ4n) is 0.977. The Balaban J connectivity index is 0.000000791. The second-order valence-corrected chi connectivity index (χ2v) is 2.59. The Morgan fingerprint density at radius 2 is 1.79 bits per heavy atom. The van der Waals surface area contributed by atoms with Crippen molar-refractivity contribution in [3.8, 4) is 0 Å². The van der Waals surface area contributed by atoms with Crippen LogP contribution in [0, 0.1) is 0 Å². The van der Waals surface area contributed by atoms with E-state index < -0.39 is 5.97 Å². The summed E-state index contributed by atoms with van der Waals surface area (Å²) in [6.45, 7) is 4.03. The van der Waals surface area contributed by atoms with E-state index in [1.807, 2.05) is 44.2 Å². The van der Waals surface area contributed by atoms with Crippen molar-refractivity contribution in [2.24, 2.45) is 0 Å². The highest BCUT2D eigenvalue weighted by atomic mass is 16.4. The van der Waals surface area contributed by atoms with E-state index in [4.69, 9.17) is 5.11 Å². The van der Waals surface area contributed by atoms with Crippen LogP contribution in [0.3, 0.4) is 0 Å². The first-order valence-corrected chi connectivity index (χ1v) is 4.68. The number of anilines is 1. The van der Waals surface area contributed by atoms with Crippen LogP contribution >= 0.6 is 0 Å². The Bertz CT molecular complexity index is 259. The maximum Gasteiger partial charge on any atom is 0.323 e. The molecule has 0 unspecified atom stereocenters. The Labute approximate surface area is 85.0 Å². The van der Waals surface area contributed by atoms with Crippen molar-refractivity contribution in [2.75, 3.05) is 18.5 Å². The quantitative estimate of drug-likeness (QED) is 0.804. The van der Waals surface area contributed by atoms with Crippen LogP contribution in [0.15, 0.2) is 30.3 Å². The molecule has 0 fully saturated rings. The van der Waals surface area contributed by atoms with Crippen molar-refractivity contribution < 1.29 is 9.90 Å². The molecule has 0 radical (unpaired) electrons. The first-order chi connectivity index (χ1) is 6.70. The number of aliphatic carboxylic acids is 1. The molecule has 3 nitrogen and oxygen atoms in total. The van der Waals surface area contributed by atoms with E-state index in [1.54, 1.807) is 11.9 Å². The predicted octanol–water partition coefficient (Wildman–Crippen LogP) is 2.23. The summed E-state index contributed by atoms with van der Waals surface area (Å²) in [6, 6.07) is 9.42. The summed E-state index contributed by atoms with van der Waals surface area (Å²) in [5.74, 6) is -0.818. The number of para-hydroxylation sites is 1. The maximum absolute atomic E-state index is 10.3. The Morgan fingerprint density at radius 3 is 2.21 bits per heavy atom. The van der Waals surface area contributed by atoms with Gasteiger partial charge in [0.15, 0.2) is 0 Å². The fraction of sp³-hybridized carbons (Fsp3) is 0.364. The summed E-state index contributed by atoms with van der Waals surface area (Å²) in [4.78, 5) is 12.0. The van der Waals surface area contributed by atoms with Crippen molar-refractivity contribution in [1.29, 1.82) is 0 Å². The molecular formula is C11H17NO2. The highest BCUT2D eigenvalue weighted by Gasteiger charge is 2.03. The molecule has 1 aromatic rings. The fourth-order valence-corrected chi connectivity index (χ4v) is 0.977. The topological polar surface area (TPSA) is 40.5 Å².